The Morgan fingerprint density at radius 1 is 1.17 bits per heavy atom. The van der Waals surface area contributed by atoms with Crippen molar-refractivity contribution in [3.8, 4) is 0 Å². The Balaban J connectivity index is 1.42. The summed E-state index contributed by atoms with van der Waals surface area (Å²) in [6.45, 7) is 1.54. The van der Waals surface area contributed by atoms with Crippen molar-refractivity contribution < 1.29 is 18.7 Å². The van der Waals surface area contributed by atoms with Crippen molar-refractivity contribution in [3.63, 3.8) is 0 Å². The molecular formula is C18H24F2N6O3. The summed E-state index contributed by atoms with van der Waals surface area (Å²) in [6.07, 6.45) is 3.79. The molecule has 1 unspecified atom stereocenters. The van der Waals surface area contributed by atoms with Gasteiger partial charge in [0.1, 0.15) is 11.9 Å². The molecule has 2 aliphatic heterocycles. The molecule has 2 saturated heterocycles. The minimum absolute atomic E-state index is 0.0130. The predicted octanol–water partition coefficient (Wildman–Crippen LogP) is 0.506. The van der Waals surface area contributed by atoms with E-state index in [1.807, 2.05) is 4.90 Å². The SMILES string of the molecule is O=C(c1cn2cnnc2[nH]c1=O)N1CCCC(O)(CN2CCC(F)(F)CC2)CC1. The first-order valence-corrected chi connectivity index (χ1v) is 9.79. The highest BCUT2D eigenvalue weighted by molar-refractivity contribution is 5.93. The molecule has 4 heterocycles. The third kappa shape index (κ3) is 4.30. The summed E-state index contributed by atoms with van der Waals surface area (Å²) in [5.41, 5.74) is -1.59. The number of hydrogen-bond acceptors (Lipinski definition) is 6. The van der Waals surface area contributed by atoms with E-state index in [1.165, 1.54) is 16.9 Å². The van der Waals surface area contributed by atoms with Crippen molar-refractivity contribution in [2.75, 3.05) is 32.7 Å². The van der Waals surface area contributed by atoms with Crippen molar-refractivity contribution in [2.24, 2.45) is 0 Å². The van der Waals surface area contributed by atoms with Crippen LogP contribution in [0.25, 0.3) is 5.78 Å². The molecular weight excluding hydrogens is 386 g/mol. The second kappa shape index (κ2) is 7.45. The van der Waals surface area contributed by atoms with Crippen LogP contribution in [-0.2, 0) is 0 Å². The fourth-order valence-corrected chi connectivity index (χ4v) is 4.11. The van der Waals surface area contributed by atoms with Crippen LogP contribution in [0.15, 0.2) is 17.3 Å². The lowest BCUT2D eigenvalue weighted by atomic mass is 9.93. The number of aliphatic hydroxyl groups is 1. The van der Waals surface area contributed by atoms with Crippen LogP contribution in [0.5, 0.6) is 0 Å². The molecule has 0 aromatic carbocycles. The number of hydrogen-bond donors (Lipinski definition) is 2. The lowest BCUT2D eigenvalue weighted by molar-refractivity contribution is -0.0768. The average Bonchev–Trinajstić information content (AvgIpc) is 3.03. The molecule has 1 amide bonds. The number of aromatic amines is 1. The standard InChI is InChI=1S/C18H24F2N6O3/c19-18(20)4-7-24(8-5-18)11-17(29)2-1-6-25(9-3-17)15(28)13-10-26-12-21-23-16(26)22-14(13)27/h10,12,29H,1-9,11H2,(H,22,23,27). The number of carbonyl (C=O) groups excluding carboxylic acids is 1. The summed E-state index contributed by atoms with van der Waals surface area (Å²) < 4.78 is 28.2. The maximum atomic E-state index is 13.4. The fraction of sp³-hybridized carbons (Fsp3) is 0.667. The number of piperidine rings is 1. The van der Waals surface area contributed by atoms with E-state index < -0.39 is 23.0 Å². The van der Waals surface area contributed by atoms with Crippen molar-refractivity contribution in [1.82, 2.24) is 29.4 Å². The zero-order valence-corrected chi connectivity index (χ0v) is 16.0. The van der Waals surface area contributed by atoms with Crippen LogP contribution >= 0.6 is 0 Å². The summed E-state index contributed by atoms with van der Waals surface area (Å²) in [4.78, 5) is 31.1. The molecule has 158 valence electrons. The summed E-state index contributed by atoms with van der Waals surface area (Å²) in [5.74, 6) is -2.78. The van der Waals surface area contributed by atoms with Gasteiger partial charge in [-0.2, -0.15) is 0 Å². The molecule has 1 atom stereocenters. The van der Waals surface area contributed by atoms with Crippen LogP contribution < -0.4 is 5.56 Å². The molecule has 2 N–H and O–H groups in total. The molecule has 9 nitrogen and oxygen atoms in total. The number of β-amino-alcohol motifs (C(OH)–C–C–N with tert-alkyl or cyclic N) is 1. The minimum Gasteiger partial charge on any atom is -0.388 e. The largest absolute Gasteiger partial charge is 0.388 e. The number of aromatic nitrogens is 4. The van der Waals surface area contributed by atoms with Crippen LogP contribution in [0, 0.1) is 0 Å². The van der Waals surface area contributed by atoms with E-state index in [4.69, 9.17) is 0 Å². The van der Waals surface area contributed by atoms with Crippen LogP contribution in [0.2, 0.25) is 0 Å². The normalized spacial score (nSPS) is 25.8. The van der Waals surface area contributed by atoms with E-state index in [2.05, 4.69) is 15.2 Å². The molecule has 0 spiro atoms. The van der Waals surface area contributed by atoms with Crippen LogP contribution in [0.1, 0.15) is 42.5 Å². The van der Waals surface area contributed by atoms with E-state index in [0.29, 0.717) is 38.9 Å². The average molecular weight is 410 g/mol. The molecule has 2 fully saturated rings. The number of nitrogens with one attached hydrogen (secondary N) is 1. The van der Waals surface area contributed by atoms with Gasteiger partial charge in [-0.3, -0.25) is 19.0 Å². The Bertz CT molecular complexity index is 950. The van der Waals surface area contributed by atoms with Crippen LogP contribution in [-0.4, -0.2) is 84.6 Å². The maximum absolute atomic E-state index is 13.4. The van der Waals surface area contributed by atoms with Gasteiger partial charge in [0.2, 0.25) is 5.78 Å². The molecule has 0 radical (unpaired) electrons. The molecule has 2 aromatic heterocycles. The van der Waals surface area contributed by atoms with Gasteiger partial charge >= 0.3 is 0 Å². The zero-order chi connectivity index (χ0) is 20.6. The third-order valence-corrected chi connectivity index (χ3v) is 5.85. The third-order valence-electron chi connectivity index (χ3n) is 5.85. The zero-order valence-electron chi connectivity index (χ0n) is 16.0. The Hall–Kier alpha value is -2.40. The lowest BCUT2D eigenvalue weighted by Gasteiger charge is -2.37. The first-order valence-electron chi connectivity index (χ1n) is 9.79. The number of carbonyl (C=O) groups is 1. The van der Waals surface area contributed by atoms with Gasteiger partial charge in [-0.15, -0.1) is 10.2 Å². The van der Waals surface area contributed by atoms with E-state index in [1.54, 1.807) is 4.90 Å². The molecule has 2 aliphatic rings. The van der Waals surface area contributed by atoms with E-state index >= 15 is 0 Å². The van der Waals surface area contributed by atoms with Crippen molar-refractivity contribution in [3.05, 3.63) is 28.4 Å². The summed E-state index contributed by atoms with van der Waals surface area (Å²) in [7, 11) is 0. The van der Waals surface area contributed by atoms with Gasteiger partial charge in [-0.25, -0.2) is 8.78 Å². The number of likely N-dealkylation sites (tertiary alicyclic amines) is 2. The lowest BCUT2D eigenvalue weighted by Crippen LogP contribution is -2.48. The molecule has 4 rings (SSSR count). The van der Waals surface area contributed by atoms with Crippen LogP contribution in [0.3, 0.4) is 0 Å². The molecule has 0 aliphatic carbocycles. The van der Waals surface area contributed by atoms with Crippen LogP contribution in [0.4, 0.5) is 8.78 Å². The summed E-state index contributed by atoms with van der Waals surface area (Å²) in [6, 6.07) is 0. The Morgan fingerprint density at radius 2 is 1.93 bits per heavy atom. The number of amides is 1. The number of alkyl halides is 2. The highest BCUT2D eigenvalue weighted by Gasteiger charge is 2.38. The van der Waals surface area contributed by atoms with Gasteiger partial charge in [-0.05, 0) is 19.3 Å². The second-order valence-corrected chi connectivity index (χ2v) is 8.06. The summed E-state index contributed by atoms with van der Waals surface area (Å²) in [5, 5.41) is 18.4. The first kappa shape index (κ1) is 19.9. The van der Waals surface area contributed by atoms with Gasteiger partial charge < -0.3 is 14.9 Å². The highest BCUT2D eigenvalue weighted by Crippen LogP contribution is 2.30. The topological polar surface area (TPSA) is 107 Å². The summed E-state index contributed by atoms with van der Waals surface area (Å²) >= 11 is 0. The van der Waals surface area contributed by atoms with E-state index in [-0.39, 0.29) is 37.3 Å². The van der Waals surface area contributed by atoms with Crippen molar-refractivity contribution in [1.29, 1.82) is 0 Å². The Labute approximate surface area is 165 Å². The Kier molecular flexibility index (Phi) is 5.11. The first-order chi connectivity index (χ1) is 13.7. The Morgan fingerprint density at radius 3 is 2.69 bits per heavy atom. The van der Waals surface area contributed by atoms with Gasteiger partial charge in [0.25, 0.3) is 17.4 Å². The number of H-pyrrole nitrogens is 1. The van der Waals surface area contributed by atoms with E-state index in [0.717, 1.165) is 0 Å². The van der Waals surface area contributed by atoms with E-state index in [9.17, 15) is 23.5 Å². The van der Waals surface area contributed by atoms with Gasteiger partial charge in [-0.1, -0.05) is 0 Å². The maximum Gasteiger partial charge on any atom is 0.265 e. The smallest absolute Gasteiger partial charge is 0.265 e. The second-order valence-electron chi connectivity index (χ2n) is 8.06. The predicted molar refractivity (Wildman–Crippen MR) is 98.9 cm³/mol. The molecule has 29 heavy (non-hydrogen) atoms. The fourth-order valence-electron chi connectivity index (χ4n) is 4.11. The highest BCUT2D eigenvalue weighted by atomic mass is 19.3. The van der Waals surface area contributed by atoms with Crippen molar-refractivity contribution >= 4 is 11.7 Å². The number of rotatable bonds is 3. The quantitative estimate of drug-likeness (QED) is 0.764. The van der Waals surface area contributed by atoms with Crippen molar-refractivity contribution in [2.45, 2.75) is 43.6 Å². The number of halogens is 2. The van der Waals surface area contributed by atoms with Gasteiger partial charge in [0.05, 0.1) is 5.60 Å². The van der Waals surface area contributed by atoms with Gasteiger partial charge in [0, 0.05) is 51.8 Å². The van der Waals surface area contributed by atoms with Gasteiger partial charge in [0.15, 0.2) is 0 Å². The molecule has 11 heteroatoms. The molecule has 2 aromatic rings. The monoisotopic (exact) mass is 410 g/mol. The molecule has 0 saturated carbocycles. The molecule has 0 bridgehead atoms. The minimum atomic E-state index is -2.62. The number of nitrogens with zero attached hydrogens (tertiary/aromatic N) is 5. The number of fused-ring (bicyclic) bond motifs is 1.